The molecule has 0 saturated heterocycles. The lowest BCUT2D eigenvalue weighted by Crippen LogP contribution is -2.25. The number of ketones is 2. The van der Waals surface area contributed by atoms with Gasteiger partial charge >= 0.3 is 0 Å². The van der Waals surface area contributed by atoms with Crippen LogP contribution in [0.2, 0.25) is 0 Å². The predicted octanol–water partition coefficient (Wildman–Crippen LogP) is 3.68. The van der Waals surface area contributed by atoms with Crippen LogP contribution in [0, 0.1) is 12.7 Å². The van der Waals surface area contributed by atoms with Crippen LogP contribution >= 0.6 is 0 Å². The molecule has 158 valence electrons. The van der Waals surface area contributed by atoms with Crippen LogP contribution in [-0.2, 0) is 0 Å². The van der Waals surface area contributed by atoms with E-state index in [0.717, 1.165) is 6.07 Å². The van der Waals surface area contributed by atoms with Gasteiger partial charge in [0.15, 0.2) is 5.78 Å². The fourth-order valence-electron chi connectivity index (χ4n) is 4.19. The molecule has 3 N–H and O–H groups in total. The first-order chi connectivity index (χ1) is 14.6. The van der Waals surface area contributed by atoms with Crippen LogP contribution in [0.15, 0.2) is 42.5 Å². The number of carbonyl (C=O) groups is 2. The van der Waals surface area contributed by atoms with Crippen molar-refractivity contribution in [1.29, 1.82) is 0 Å². The molecule has 1 unspecified atom stereocenters. The Labute approximate surface area is 177 Å². The lowest BCUT2D eigenvalue weighted by atomic mass is 9.80. The number of fused-ring (bicyclic) bond motifs is 2. The summed E-state index contributed by atoms with van der Waals surface area (Å²) >= 11 is 0. The molecule has 0 aliphatic heterocycles. The molecule has 1 aliphatic rings. The molecule has 0 amide bonds. The van der Waals surface area contributed by atoms with E-state index in [4.69, 9.17) is 0 Å². The fraction of sp³-hybridized carbons (Fsp3) is 0.167. The second kappa shape index (κ2) is 7.21. The number of rotatable bonds is 3. The first kappa shape index (κ1) is 20.6. The zero-order valence-corrected chi connectivity index (χ0v) is 17.1. The number of aromatic hydroxyl groups is 3. The van der Waals surface area contributed by atoms with Crippen molar-refractivity contribution in [3.05, 3.63) is 87.2 Å². The molecule has 7 heteroatoms. The van der Waals surface area contributed by atoms with Gasteiger partial charge in [0, 0.05) is 16.7 Å². The normalized spacial score (nSPS) is 13.8. The predicted molar refractivity (Wildman–Crippen MR) is 111 cm³/mol. The smallest absolute Gasteiger partial charge is 0.201 e. The van der Waals surface area contributed by atoms with E-state index in [2.05, 4.69) is 0 Å². The molecule has 3 aromatic carbocycles. The Balaban J connectivity index is 2.01. The molecule has 1 atom stereocenters. The summed E-state index contributed by atoms with van der Waals surface area (Å²) in [6.07, 6.45) is 0. The van der Waals surface area contributed by atoms with Crippen LogP contribution in [0.4, 0.5) is 4.39 Å². The average Bonchev–Trinajstić information content (AvgIpc) is 2.69. The molecule has 6 nitrogen and oxygen atoms in total. The third kappa shape index (κ3) is 3.05. The van der Waals surface area contributed by atoms with Crippen LogP contribution in [0.1, 0.15) is 54.6 Å². The SMILES string of the molecule is Cc1cc(O)c2c(c1)C(=O)c1cc(O)c(C(c3ccccc3F)N(C)C)c(O)c1C2=O. The van der Waals surface area contributed by atoms with E-state index in [1.54, 1.807) is 32.0 Å². The Kier molecular flexibility index (Phi) is 4.78. The molecule has 0 heterocycles. The summed E-state index contributed by atoms with van der Waals surface area (Å²) in [5.74, 6) is -3.34. The number of hydrogen-bond donors (Lipinski definition) is 3. The Morgan fingerprint density at radius 1 is 0.871 bits per heavy atom. The van der Waals surface area contributed by atoms with Gasteiger partial charge in [-0.05, 0) is 50.8 Å². The number of halogens is 1. The third-order valence-corrected chi connectivity index (χ3v) is 5.51. The maximum Gasteiger partial charge on any atom is 0.201 e. The Morgan fingerprint density at radius 3 is 2.16 bits per heavy atom. The van der Waals surface area contributed by atoms with E-state index >= 15 is 0 Å². The van der Waals surface area contributed by atoms with Crippen LogP contribution in [0.25, 0.3) is 0 Å². The topological polar surface area (TPSA) is 98.1 Å². The lowest BCUT2D eigenvalue weighted by molar-refractivity contribution is 0.0973. The summed E-state index contributed by atoms with van der Waals surface area (Å²) in [6.45, 7) is 1.67. The average molecular weight is 421 g/mol. The minimum atomic E-state index is -0.942. The monoisotopic (exact) mass is 421 g/mol. The highest BCUT2D eigenvalue weighted by Crippen LogP contribution is 2.46. The highest BCUT2D eigenvalue weighted by molar-refractivity contribution is 6.30. The molecule has 1 aliphatic carbocycles. The Hall–Kier alpha value is -3.71. The van der Waals surface area contributed by atoms with E-state index in [9.17, 15) is 29.3 Å². The zero-order chi connectivity index (χ0) is 22.6. The maximum atomic E-state index is 14.6. The van der Waals surface area contributed by atoms with Gasteiger partial charge in [0.25, 0.3) is 0 Å². The van der Waals surface area contributed by atoms with Gasteiger partial charge in [0.2, 0.25) is 5.78 Å². The highest BCUT2D eigenvalue weighted by Gasteiger charge is 2.38. The summed E-state index contributed by atoms with van der Waals surface area (Å²) in [4.78, 5) is 27.8. The molecule has 0 aromatic heterocycles. The van der Waals surface area contributed by atoms with Gasteiger partial charge in [-0.25, -0.2) is 4.39 Å². The molecular weight excluding hydrogens is 401 g/mol. The molecule has 0 saturated carbocycles. The number of carbonyl (C=O) groups excluding carboxylic acids is 2. The number of hydrogen-bond acceptors (Lipinski definition) is 6. The van der Waals surface area contributed by atoms with Gasteiger partial charge in [-0.1, -0.05) is 18.2 Å². The molecule has 31 heavy (non-hydrogen) atoms. The number of nitrogens with zero attached hydrogens (tertiary/aromatic N) is 1. The summed E-state index contributed by atoms with van der Waals surface area (Å²) < 4.78 is 14.6. The number of phenolic OH excluding ortho intramolecular Hbond substituents is 3. The van der Waals surface area contributed by atoms with Crippen molar-refractivity contribution in [2.24, 2.45) is 0 Å². The quantitative estimate of drug-likeness (QED) is 0.467. The van der Waals surface area contributed by atoms with Gasteiger partial charge < -0.3 is 15.3 Å². The summed E-state index contributed by atoms with van der Waals surface area (Å²) in [6, 6.07) is 8.90. The van der Waals surface area contributed by atoms with Crippen molar-refractivity contribution in [1.82, 2.24) is 4.90 Å². The maximum absolute atomic E-state index is 14.6. The third-order valence-electron chi connectivity index (χ3n) is 5.51. The number of aryl methyl sites for hydroxylation is 1. The van der Waals surface area contributed by atoms with Crippen LogP contribution in [0.5, 0.6) is 17.2 Å². The van der Waals surface area contributed by atoms with E-state index in [0.29, 0.717) is 5.56 Å². The zero-order valence-electron chi connectivity index (χ0n) is 17.1. The molecule has 3 aromatic rings. The second-order valence-corrected chi connectivity index (χ2v) is 7.83. The van der Waals surface area contributed by atoms with Gasteiger partial charge in [0.05, 0.1) is 22.7 Å². The fourth-order valence-corrected chi connectivity index (χ4v) is 4.19. The summed E-state index contributed by atoms with van der Waals surface area (Å²) in [5, 5.41) is 32.2. The minimum absolute atomic E-state index is 0.000173. The first-order valence-corrected chi connectivity index (χ1v) is 9.56. The van der Waals surface area contributed by atoms with E-state index in [1.807, 2.05) is 0 Å². The van der Waals surface area contributed by atoms with Gasteiger partial charge in [0.1, 0.15) is 23.1 Å². The van der Waals surface area contributed by atoms with Crippen molar-refractivity contribution >= 4 is 11.6 Å². The van der Waals surface area contributed by atoms with Crippen molar-refractivity contribution in [2.45, 2.75) is 13.0 Å². The van der Waals surface area contributed by atoms with E-state index < -0.39 is 34.9 Å². The van der Waals surface area contributed by atoms with Gasteiger partial charge in [-0.15, -0.1) is 0 Å². The Bertz CT molecular complexity index is 1270. The molecule has 0 bridgehead atoms. The minimum Gasteiger partial charge on any atom is -0.507 e. The molecule has 0 radical (unpaired) electrons. The van der Waals surface area contributed by atoms with Crippen LogP contribution in [-0.4, -0.2) is 45.9 Å². The number of phenols is 3. The van der Waals surface area contributed by atoms with Gasteiger partial charge in [-0.3, -0.25) is 14.5 Å². The van der Waals surface area contributed by atoms with Crippen molar-refractivity contribution in [3.63, 3.8) is 0 Å². The first-order valence-electron chi connectivity index (χ1n) is 9.56. The molecular formula is C24H20FNO5. The molecule has 0 spiro atoms. The molecule has 4 rings (SSSR count). The largest absolute Gasteiger partial charge is 0.507 e. The highest BCUT2D eigenvalue weighted by atomic mass is 19.1. The Morgan fingerprint density at radius 2 is 1.52 bits per heavy atom. The van der Waals surface area contributed by atoms with Crippen LogP contribution < -0.4 is 0 Å². The number of benzene rings is 3. The van der Waals surface area contributed by atoms with Crippen LogP contribution in [0.3, 0.4) is 0 Å². The standard InChI is InChI=1S/C24H20FNO5/c1-11-8-13-18(16(27)9-11)23(30)19-14(22(13)29)10-17(28)20(24(19)31)21(26(2)3)12-6-4-5-7-15(12)25/h4-10,21,27-28,31H,1-3H3. The molecule has 0 fully saturated rings. The van der Waals surface area contributed by atoms with E-state index in [1.165, 1.54) is 30.3 Å². The summed E-state index contributed by atoms with van der Waals surface area (Å²) in [5.41, 5.74) is -0.0585. The van der Waals surface area contributed by atoms with Crippen molar-refractivity contribution in [3.8, 4) is 17.2 Å². The van der Waals surface area contributed by atoms with Gasteiger partial charge in [-0.2, -0.15) is 0 Å². The van der Waals surface area contributed by atoms with E-state index in [-0.39, 0.29) is 39.1 Å². The van der Waals surface area contributed by atoms with Crippen molar-refractivity contribution in [2.75, 3.05) is 14.1 Å². The lowest BCUT2D eigenvalue weighted by Gasteiger charge is -2.29. The summed E-state index contributed by atoms with van der Waals surface area (Å²) in [7, 11) is 3.26. The van der Waals surface area contributed by atoms with Crippen molar-refractivity contribution < 1.29 is 29.3 Å². The second-order valence-electron chi connectivity index (χ2n) is 7.83.